The van der Waals surface area contributed by atoms with Crippen LogP contribution in [0.1, 0.15) is 31.9 Å². The van der Waals surface area contributed by atoms with Gasteiger partial charge in [0.05, 0.1) is 12.8 Å². The van der Waals surface area contributed by atoms with Crippen LogP contribution >= 0.6 is 24.0 Å². The zero-order chi connectivity index (χ0) is 18.9. The minimum Gasteiger partial charge on any atom is -0.496 e. The Labute approximate surface area is 163 Å². The van der Waals surface area contributed by atoms with Crippen LogP contribution in [0, 0.1) is 0 Å². The van der Waals surface area contributed by atoms with Crippen molar-refractivity contribution in [2.75, 3.05) is 7.11 Å². The largest absolute Gasteiger partial charge is 0.496 e. The Balaban J connectivity index is 2.10. The average molecular weight is 390 g/mol. The molecule has 26 heavy (non-hydrogen) atoms. The molecule has 0 amide bonds. The van der Waals surface area contributed by atoms with Gasteiger partial charge >= 0.3 is 0 Å². The zero-order valence-corrected chi connectivity index (χ0v) is 16.9. The van der Waals surface area contributed by atoms with E-state index in [0.717, 1.165) is 27.7 Å². The summed E-state index contributed by atoms with van der Waals surface area (Å²) in [5, 5.41) is 8.68. The predicted octanol–water partition coefficient (Wildman–Crippen LogP) is 3.37. The third kappa shape index (κ3) is 6.27. The number of rotatable bonds is 7. The van der Waals surface area contributed by atoms with Crippen molar-refractivity contribution >= 4 is 34.8 Å². The minimum atomic E-state index is 0.260. The number of hydrogen-bond acceptors (Lipinski definition) is 6. The van der Waals surface area contributed by atoms with Gasteiger partial charge in [-0.25, -0.2) is 9.97 Å². The molecular formula is C18H23N5OS2. The number of hydrogen-bond donors (Lipinski definition) is 2. The Hall–Kier alpha value is -2.19. The van der Waals surface area contributed by atoms with Crippen molar-refractivity contribution in [3.05, 3.63) is 47.8 Å². The zero-order valence-electron chi connectivity index (χ0n) is 15.3. The summed E-state index contributed by atoms with van der Waals surface area (Å²) in [5.41, 5.74) is 5.76. The highest BCUT2D eigenvalue weighted by atomic mass is 32.2. The van der Waals surface area contributed by atoms with Crippen molar-refractivity contribution in [2.45, 2.75) is 37.7 Å². The number of thioether (sulfide) groups is 1. The number of nitrogens with zero attached hydrogens (tertiary/aromatic N) is 3. The molecule has 8 heteroatoms. The Bertz CT molecular complexity index is 765. The molecule has 0 aliphatic carbocycles. The molecule has 6 nitrogen and oxygen atoms in total. The van der Waals surface area contributed by atoms with Crippen LogP contribution in [0.4, 0.5) is 0 Å². The molecule has 1 heterocycles. The van der Waals surface area contributed by atoms with Crippen molar-refractivity contribution in [1.29, 1.82) is 0 Å². The molecule has 0 unspecified atom stereocenters. The fourth-order valence-electron chi connectivity index (χ4n) is 2.11. The molecule has 2 N–H and O–H groups in total. The third-order valence-corrected chi connectivity index (χ3v) is 4.48. The van der Waals surface area contributed by atoms with Gasteiger partial charge in [0.1, 0.15) is 5.75 Å². The Kier molecular flexibility index (Phi) is 7.80. The molecule has 2 aromatic rings. The van der Waals surface area contributed by atoms with Gasteiger partial charge in [0.2, 0.25) is 0 Å². The molecule has 0 aliphatic rings. The number of aromatic nitrogens is 2. The lowest BCUT2D eigenvalue weighted by Crippen LogP contribution is -2.37. The van der Waals surface area contributed by atoms with Gasteiger partial charge < -0.3 is 10.1 Å². The summed E-state index contributed by atoms with van der Waals surface area (Å²) in [6.45, 7) is 5.98. The lowest BCUT2D eigenvalue weighted by Gasteiger charge is -2.12. The Morgan fingerprint density at radius 2 is 2.04 bits per heavy atom. The van der Waals surface area contributed by atoms with E-state index in [9.17, 15) is 0 Å². The van der Waals surface area contributed by atoms with Crippen molar-refractivity contribution in [3.63, 3.8) is 0 Å². The quantitative estimate of drug-likeness (QED) is 0.247. The topological polar surface area (TPSA) is 71.4 Å². The van der Waals surface area contributed by atoms with Crippen molar-refractivity contribution < 1.29 is 4.74 Å². The predicted molar refractivity (Wildman–Crippen MR) is 111 cm³/mol. The summed E-state index contributed by atoms with van der Waals surface area (Å²) < 4.78 is 5.47. The fraction of sp³-hybridized carbons (Fsp3) is 0.333. The summed E-state index contributed by atoms with van der Waals surface area (Å²) in [6, 6.07) is 8.05. The number of ether oxygens (including phenoxy) is 1. The molecule has 0 bridgehead atoms. The lowest BCUT2D eigenvalue weighted by molar-refractivity contribution is 0.411. The van der Waals surface area contributed by atoms with Gasteiger partial charge in [0.25, 0.3) is 0 Å². The maximum atomic E-state index is 5.47. The molecular weight excluding hydrogens is 366 g/mol. The number of hydrazone groups is 1. The summed E-state index contributed by atoms with van der Waals surface area (Å²) >= 11 is 6.75. The van der Waals surface area contributed by atoms with E-state index in [0.29, 0.717) is 10.9 Å². The van der Waals surface area contributed by atoms with E-state index in [1.165, 1.54) is 0 Å². The van der Waals surface area contributed by atoms with Gasteiger partial charge in [0.15, 0.2) is 10.3 Å². The second kappa shape index (κ2) is 10.1. The maximum Gasteiger partial charge on any atom is 0.187 e. The highest BCUT2D eigenvalue weighted by molar-refractivity contribution is 7.98. The lowest BCUT2D eigenvalue weighted by atomic mass is 10.1. The van der Waals surface area contributed by atoms with E-state index < -0.39 is 0 Å². The summed E-state index contributed by atoms with van der Waals surface area (Å²) in [4.78, 5) is 8.47. The van der Waals surface area contributed by atoms with Crippen LogP contribution in [-0.4, -0.2) is 33.9 Å². The Morgan fingerprint density at radius 1 is 1.31 bits per heavy atom. The summed E-state index contributed by atoms with van der Waals surface area (Å²) in [6.07, 6.45) is 3.47. The SMILES string of the molecule is COc1ccc(C(C)=NNC(=S)NC(C)C)cc1CSc1ncccn1. The molecule has 0 radical (unpaired) electrons. The van der Waals surface area contributed by atoms with Crippen LogP contribution in [0.3, 0.4) is 0 Å². The number of thiocarbonyl (C=S) groups is 1. The van der Waals surface area contributed by atoms with Crippen LogP contribution in [0.25, 0.3) is 0 Å². The van der Waals surface area contributed by atoms with Crippen LogP contribution in [0.15, 0.2) is 46.9 Å². The first-order chi connectivity index (χ1) is 12.5. The first-order valence-electron chi connectivity index (χ1n) is 8.17. The molecule has 0 saturated heterocycles. The van der Waals surface area contributed by atoms with Crippen molar-refractivity contribution in [1.82, 2.24) is 20.7 Å². The average Bonchev–Trinajstić information content (AvgIpc) is 2.64. The van der Waals surface area contributed by atoms with Crippen LogP contribution in [0.2, 0.25) is 0 Å². The highest BCUT2D eigenvalue weighted by Gasteiger charge is 2.08. The molecule has 1 aromatic heterocycles. The van der Waals surface area contributed by atoms with Crippen LogP contribution in [-0.2, 0) is 5.75 Å². The third-order valence-electron chi connectivity index (χ3n) is 3.34. The molecule has 0 atom stereocenters. The normalized spacial score (nSPS) is 11.3. The van der Waals surface area contributed by atoms with Gasteiger partial charge in [-0.1, -0.05) is 11.8 Å². The van der Waals surface area contributed by atoms with Crippen molar-refractivity contribution in [3.8, 4) is 5.75 Å². The van der Waals surface area contributed by atoms with E-state index in [2.05, 4.69) is 31.9 Å². The number of methoxy groups -OCH3 is 1. The van der Waals surface area contributed by atoms with Gasteiger partial charge in [-0.2, -0.15) is 5.10 Å². The summed E-state index contributed by atoms with van der Waals surface area (Å²) in [5.74, 6) is 1.53. The van der Waals surface area contributed by atoms with Gasteiger partial charge in [-0.05, 0) is 62.8 Å². The fourth-order valence-corrected chi connectivity index (χ4v) is 3.17. The smallest absolute Gasteiger partial charge is 0.187 e. The van der Waals surface area contributed by atoms with Gasteiger partial charge in [-0.15, -0.1) is 0 Å². The molecule has 2 rings (SSSR count). The number of nitrogens with one attached hydrogen (secondary N) is 2. The molecule has 0 spiro atoms. The van der Waals surface area contributed by atoms with E-state index >= 15 is 0 Å². The van der Waals surface area contributed by atoms with Crippen molar-refractivity contribution in [2.24, 2.45) is 5.10 Å². The highest BCUT2D eigenvalue weighted by Crippen LogP contribution is 2.27. The molecule has 0 fully saturated rings. The molecule has 0 saturated carbocycles. The van der Waals surface area contributed by atoms with E-state index in [-0.39, 0.29) is 6.04 Å². The van der Waals surface area contributed by atoms with Gasteiger partial charge in [-0.3, -0.25) is 5.43 Å². The van der Waals surface area contributed by atoms with Crippen LogP contribution in [0.5, 0.6) is 5.75 Å². The van der Waals surface area contributed by atoms with E-state index in [1.807, 2.05) is 32.9 Å². The first kappa shape index (κ1) is 20.1. The number of benzene rings is 1. The molecule has 138 valence electrons. The minimum absolute atomic E-state index is 0.260. The molecule has 0 aliphatic heterocycles. The Morgan fingerprint density at radius 3 is 2.69 bits per heavy atom. The maximum absolute atomic E-state index is 5.47. The standard InChI is InChI=1S/C18H23N5OS2/c1-12(2)21-17(25)23-22-13(3)14-6-7-16(24-4)15(10-14)11-26-18-19-8-5-9-20-18/h5-10,12H,11H2,1-4H3,(H2,21,23,25). The van der Waals surface area contributed by atoms with E-state index in [4.69, 9.17) is 17.0 Å². The van der Waals surface area contributed by atoms with E-state index in [1.54, 1.807) is 37.3 Å². The monoisotopic (exact) mass is 389 g/mol. The summed E-state index contributed by atoms with van der Waals surface area (Å²) in [7, 11) is 1.67. The first-order valence-corrected chi connectivity index (χ1v) is 9.57. The second-order valence-electron chi connectivity index (χ2n) is 5.78. The van der Waals surface area contributed by atoms with Gasteiger partial charge in [0, 0.05) is 29.8 Å². The van der Waals surface area contributed by atoms with Crippen LogP contribution < -0.4 is 15.5 Å². The molecule has 1 aromatic carbocycles. The second-order valence-corrected chi connectivity index (χ2v) is 7.13.